The first-order valence-corrected chi connectivity index (χ1v) is 10.0. The fourth-order valence-corrected chi connectivity index (χ4v) is 3.53. The monoisotopic (exact) mass is 533 g/mol. The third-order valence-electron chi connectivity index (χ3n) is 5.26. The van der Waals surface area contributed by atoms with Gasteiger partial charge in [0, 0.05) is 31.4 Å². The van der Waals surface area contributed by atoms with E-state index >= 15 is 0 Å². The molecule has 7 nitrogen and oxygen atoms in total. The number of guanidine groups is 1. The fourth-order valence-electron chi connectivity index (χ4n) is 3.53. The van der Waals surface area contributed by atoms with Crippen molar-refractivity contribution >= 4 is 29.9 Å². The lowest BCUT2D eigenvalue weighted by Gasteiger charge is -2.13. The average Bonchev–Trinajstić information content (AvgIpc) is 3.33. The molecule has 0 amide bonds. The molecule has 0 spiro atoms. The summed E-state index contributed by atoms with van der Waals surface area (Å²) in [6, 6.07) is 16.3. The summed E-state index contributed by atoms with van der Waals surface area (Å²) in [5, 5.41) is 11.5. The van der Waals surface area contributed by atoms with Crippen molar-refractivity contribution in [1.82, 2.24) is 20.4 Å². The molecule has 2 aromatic carbocycles. The van der Waals surface area contributed by atoms with Crippen LogP contribution < -0.4 is 20.1 Å². The van der Waals surface area contributed by atoms with Gasteiger partial charge in [0.05, 0.1) is 12.2 Å². The Bertz CT molecular complexity index is 1050. The highest BCUT2D eigenvalue weighted by Gasteiger charge is 2.14. The van der Waals surface area contributed by atoms with E-state index in [9.17, 15) is 0 Å². The number of aromatic nitrogens is 2. The van der Waals surface area contributed by atoms with E-state index in [-0.39, 0.29) is 30.8 Å². The highest BCUT2D eigenvalue weighted by Crippen LogP contribution is 2.32. The van der Waals surface area contributed by atoms with Crippen molar-refractivity contribution in [2.75, 3.05) is 13.8 Å². The normalized spacial score (nSPS) is 12.4. The molecule has 1 aliphatic heterocycles. The first-order valence-electron chi connectivity index (χ1n) is 10.0. The lowest BCUT2D eigenvalue weighted by atomic mass is 10.2. The lowest BCUT2D eigenvalue weighted by Crippen LogP contribution is -2.36. The van der Waals surface area contributed by atoms with Crippen molar-refractivity contribution in [3.8, 4) is 11.5 Å². The van der Waals surface area contributed by atoms with Gasteiger partial charge in [-0.2, -0.15) is 5.10 Å². The van der Waals surface area contributed by atoms with Crippen LogP contribution in [0.5, 0.6) is 11.5 Å². The highest BCUT2D eigenvalue weighted by atomic mass is 127. The van der Waals surface area contributed by atoms with Crippen LogP contribution in [0.2, 0.25) is 0 Å². The Morgan fingerprint density at radius 1 is 1.00 bits per heavy atom. The Morgan fingerprint density at radius 3 is 2.52 bits per heavy atom. The number of hydrogen-bond acceptors (Lipinski definition) is 4. The molecule has 164 valence electrons. The third-order valence-corrected chi connectivity index (χ3v) is 5.26. The van der Waals surface area contributed by atoms with Crippen LogP contribution in [-0.2, 0) is 19.6 Å². The molecule has 8 heteroatoms. The SMILES string of the molecule is CN=C(NCc1ccc2c(c1)OCO2)NCc1c(C)nn(Cc2ccccc2)c1C.I. The molecule has 0 fully saturated rings. The van der Waals surface area contributed by atoms with Gasteiger partial charge < -0.3 is 20.1 Å². The summed E-state index contributed by atoms with van der Waals surface area (Å²) in [5.41, 5.74) is 5.73. The largest absolute Gasteiger partial charge is 0.454 e. The summed E-state index contributed by atoms with van der Waals surface area (Å²) in [5.74, 6) is 2.32. The number of rotatable bonds is 6. The Morgan fingerprint density at radius 2 is 1.74 bits per heavy atom. The van der Waals surface area contributed by atoms with Gasteiger partial charge in [0.25, 0.3) is 0 Å². The minimum atomic E-state index is 0. The molecule has 31 heavy (non-hydrogen) atoms. The Hall–Kier alpha value is -2.75. The summed E-state index contributed by atoms with van der Waals surface area (Å²) in [4.78, 5) is 4.34. The quantitative estimate of drug-likeness (QED) is 0.287. The van der Waals surface area contributed by atoms with Crippen LogP contribution in [0, 0.1) is 13.8 Å². The molecule has 0 bridgehead atoms. The van der Waals surface area contributed by atoms with Crippen molar-refractivity contribution in [3.05, 3.63) is 76.6 Å². The molecule has 3 aromatic rings. The number of ether oxygens (including phenoxy) is 2. The Kier molecular flexibility index (Phi) is 7.78. The second-order valence-corrected chi connectivity index (χ2v) is 7.26. The van der Waals surface area contributed by atoms with Crippen LogP contribution in [0.3, 0.4) is 0 Å². The second-order valence-electron chi connectivity index (χ2n) is 7.26. The van der Waals surface area contributed by atoms with Crippen LogP contribution in [0.1, 0.15) is 28.1 Å². The lowest BCUT2D eigenvalue weighted by molar-refractivity contribution is 0.174. The van der Waals surface area contributed by atoms with Crippen molar-refractivity contribution in [2.45, 2.75) is 33.5 Å². The summed E-state index contributed by atoms with van der Waals surface area (Å²) in [7, 11) is 1.77. The summed E-state index contributed by atoms with van der Waals surface area (Å²) < 4.78 is 12.9. The van der Waals surface area contributed by atoms with E-state index in [2.05, 4.69) is 51.5 Å². The fraction of sp³-hybridized carbons (Fsp3) is 0.304. The maximum Gasteiger partial charge on any atom is 0.231 e. The Balaban J connectivity index is 0.00000272. The van der Waals surface area contributed by atoms with E-state index in [1.54, 1.807) is 7.05 Å². The molecular weight excluding hydrogens is 505 g/mol. The van der Waals surface area contributed by atoms with Gasteiger partial charge in [0.1, 0.15) is 0 Å². The number of aliphatic imine (C=N–C) groups is 1. The van der Waals surface area contributed by atoms with Crippen LogP contribution in [0.15, 0.2) is 53.5 Å². The molecule has 0 saturated heterocycles. The standard InChI is InChI=1S/C23H27N5O2.HI/c1-16-20(17(2)28(27-16)14-18-7-5-4-6-8-18)13-26-23(24-3)25-12-19-9-10-21-22(11-19)30-15-29-21;/h4-11H,12-15H2,1-3H3,(H2,24,25,26);1H. The maximum atomic E-state index is 5.44. The molecule has 0 radical (unpaired) electrons. The van der Waals surface area contributed by atoms with E-state index in [4.69, 9.17) is 14.6 Å². The smallest absolute Gasteiger partial charge is 0.231 e. The number of hydrogen-bond donors (Lipinski definition) is 2. The van der Waals surface area contributed by atoms with Crippen LogP contribution in [0.4, 0.5) is 0 Å². The van der Waals surface area contributed by atoms with Gasteiger partial charge in [-0.1, -0.05) is 36.4 Å². The minimum Gasteiger partial charge on any atom is -0.454 e. The van der Waals surface area contributed by atoms with Crippen LogP contribution in [-0.4, -0.2) is 29.6 Å². The van der Waals surface area contributed by atoms with E-state index in [1.165, 1.54) is 11.1 Å². The predicted molar refractivity (Wildman–Crippen MR) is 132 cm³/mol. The molecule has 0 unspecified atom stereocenters. The van der Waals surface area contributed by atoms with Gasteiger partial charge in [-0.3, -0.25) is 9.67 Å². The average molecular weight is 533 g/mol. The number of nitrogens with one attached hydrogen (secondary N) is 2. The second kappa shape index (κ2) is 10.5. The third kappa shape index (κ3) is 5.49. The first kappa shape index (κ1) is 22.9. The molecule has 0 saturated carbocycles. The van der Waals surface area contributed by atoms with E-state index < -0.39 is 0 Å². The van der Waals surface area contributed by atoms with Crippen molar-refractivity contribution in [3.63, 3.8) is 0 Å². The summed E-state index contributed by atoms with van der Waals surface area (Å²) in [6.07, 6.45) is 0. The molecule has 0 atom stereocenters. The molecule has 1 aromatic heterocycles. The van der Waals surface area contributed by atoms with E-state index in [1.807, 2.05) is 31.2 Å². The molecule has 0 aliphatic carbocycles. The molecule has 2 N–H and O–H groups in total. The van der Waals surface area contributed by atoms with Crippen molar-refractivity contribution in [2.24, 2.45) is 4.99 Å². The number of nitrogens with zero attached hydrogens (tertiary/aromatic N) is 3. The van der Waals surface area contributed by atoms with Crippen molar-refractivity contribution in [1.29, 1.82) is 0 Å². The van der Waals surface area contributed by atoms with Gasteiger partial charge in [0.15, 0.2) is 17.5 Å². The summed E-state index contributed by atoms with van der Waals surface area (Å²) >= 11 is 0. The zero-order valence-corrected chi connectivity index (χ0v) is 20.3. The summed E-state index contributed by atoms with van der Waals surface area (Å²) in [6.45, 7) is 6.52. The van der Waals surface area contributed by atoms with Crippen LogP contribution in [0.25, 0.3) is 0 Å². The van der Waals surface area contributed by atoms with E-state index in [0.717, 1.165) is 41.0 Å². The number of aryl methyl sites for hydroxylation is 1. The highest BCUT2D eigenvalue weighted by molar-refractivity contribution is 14.0. The zero-order valence-electron chi connectivity index (χ0n) is 18.0. The number of halogens is 1. The zero-order chi connectivity index (χ0) is 20.9. The number of benzene rings is 2. The number of fused-ring (bicyclic) bond motifs is 1. The molecule has 2 heterocycles. The van der Waals surface area contributed by atoms with Gasteiger partial charge >= 0.3 is 0 Å². The van der Waals surface area contributed by atoms with Gasteiger partial charge in [-0.25, -0.2) is 0 Å². The molecule has 1 aliphatic rings. The maximum absolute atomic E-state index is 5.44. The minimum absolute atomic E-state index is 0. The van der Waals surface area contributed by atoms with Gasteiger partial charge in [0.2, 0.25) is 6.79 Å². The van der Waals surface area contributed by atoms with Crippen molar-refractivity contribution < 1.29 is 9.47 Å². The topological polar surface area (TPSA) is 72.7 Å². The predicted octanol–water partition coefficient (Wildman–Crippen LogP) is 3.76. The molecule has 4 rings (SSSR count). The molecular formula is C23H28IN5O2. The van der Waals surface area contributed by atoms with E-state index in [0.29, 0.717) is 13.1 Å². The van der Waals surface area contributed by atoms with Gasteiger partial charge in [-0.15, -0.1) is 24.0 Å². The first-order chi connectivity index (χ1) is 14.6. The van der Waals surface area contributed by atoms with Crippen LogP contribution >= 0.6 is 24.0 Å². The Labute approximate surface area is 199 Å². The van der Waals surface area contributed by atoms with Gasteiger partial charge in [-0.05, 0) is 37.1 Å².